The number of esters is 1. The average molecular weight is 379 g/mol. The third-order valence-electron chi connectivity index (χ3n) is 3.45. The predicted octanol–water partition coefficient (Wildman–Crippen LogP) is 2.59. The van der Waals surface area contributed by atoms with E-state index >= 15 is 0 Å². The molecule has 1 N–H and O–H groups in total. The number of methoxy groups -OCH3 is 2. The number of carbonyl (C=O) groups is 3. The van der Waals surface area contributed by atoms with Crippen molar-refractivity contribution in [3.05, 3.63) is 53.1 Å². The summed E-state index contributed by atoms with van der Waals surface area (Å²) in [6.45, 7) is -0.798. The number of anilines is 1. The van der Waals surface area contributed by atoms with Gasteiger partial charge in [-0.25, -0.2) is 13.6 Å². The Bertz CT molecular complexity index is 884. The van der Waals surface area contributed by atoms with Crippen LogP contribution in [0, 0.1) is 11.6 Å². The molecule has 0 atom stereocenters. The van der Waals surface area contributed by atoms with Crippen molar-refractivity contribution in [1.82, 2.24) is 0 Å². The molecule has 9 heteroatoms. The lowest BCUT2D eigenvalue weighted by molar-refractivity contribution is -0.119. The number of hydrogen-bond donors (Lipinski definition) is 1. The van der Waals surface area contributed by atoms with E-state index in [-0.39, 0.29) is 22.6 Å². The van der Waals surface area contributed by atoms with E-state index in [4.69, 9.17) is 14.2 Å². The van der Waals surface area contributed by atoms with Crippen molar-refractivity contribution in [3.8, 4) is 11.5 Å². The average Bonchev–Trinajstić information content (AvgIpc) is 2.67. The van der Waals surface area contributed by atoms with Gasteiger partial charge in [0.2, 0.25) is 0 Å². The third kappa shape index (κ3) is 4.57. The molecule has 1 amide bonds. The van der Waals surface area contributed by atoms with Crippen LogP contribution in [0.2, 0.25) is 0 Å². The maximum atomic E-state index is 13.5. The minimum absolute atomic E-state index is 0.0331. The molecular formula is C18H15F2NO6. The molecule has 2 rings (SSSR count). The Labute approximate surface area is 152 Å². The lowest BCUT2D eigenvalue weighted by Crippen LogP contribution is -2.22. The summed E-state index contributed by atoms with van der Waals surface area (Å²) < 4.78 is 41.6. The summed E-state index contributed by atoms with van der Waals surface area (Å²) in [5, 5.41) is 2.08. The minimum atomic E-state index is -1.03. The number of benzene rings is 2. The zero-order chi connectivity index (χ0) is 20.0. The second kappa shape index (κ2) is 8.75. The van der Waals surface area contributed by atoms with Crippen molar-refractivity contribution in [2.75, 3.05) is 26.1 Å². The Morgan fingerprint density at radius 2 is 1.85 bits per heavy atom. The van der Waals surface area contributed by atoms with Gasteiger partial charge < -0.3 is 19.5 Å². The highest BCUT2D eigenvalue weighted by molar-refractivity contribution is 6.03. The maximum Gasteiger partial charge on any atom is 0.343 e. The number of aldehydes is 1. The van der Waals surface area contributed by atoms with E-state index in [1.807, 2.05) is 0 Å². The fraction of sp³-hybridized carbons (Fsp3) is 0.167. The molecule has 27 heavy (non-hydrogen) atoms. The van der Waals surface area contributed by atoms with Crippen LogP contribution in [-0.2, 0) is 9.53 Å². The Hall–Kier alpha value is -3.49. The van der Waals surface area contributed by atoms with Gasteiger partial charge in [-0.3, -0.25) is 9.59 Å². The molecule has 0 saturated carbocycles. The van der Waals surface area contributed by atoms with Crippen molar-refractivity contribution in [2.24, 2.45) is 0 Å². The van der Waals surface area contributed by atoms with Crippen LogP contribution in [0.15, 0.2) is 30.3 Å². The van der Waals surface area contributed by atoms with Crippen LogP contribution in [0.4, 0.5) is 14.5 Å². The van der Waals surface area contributed by atoms with E-state index in [2.05, 4.69) is 5.32 Å². The topological polar surface area (TPSA) is 90.9 Å². The quantitative estimate of drug-likeness (QED) is 0.587. The largest absolute Gasteiger partial charge is 0.493 e. The highest BCUT2D eigenvalue weighted by Gasteiger charge is 2.23. The van der Waals surface area contributed by atoms with Gasteiger partial charge in [-0.1, -0.05) is 0 Å². The van der Waals surface area contributed by atoms with E-state index in [1.54, 1.807) is 0 Å². The molecule has 7 nitrogen and oxygen atoms in total. The molecule has 0 aromatic heterocycles. The smallest absolute Gasteiger partial charge is 0.343 e. The summed E-state index contributed by atoms with van der Waals surface area (Å²) in [5.41, 5.74) is -0.658. The lowest BCUT2D eigenvalue weighted by atomic mass is 10.1. The van der Waals surface area contributed by atoms with E-state index in [0.717, 1.165) is 18.2 Å². The van der Waals surface area contributed by atoms with E-state index < -0.39 is 35.8 Å². The molecule has 0 aliphatic carbocycles. The van der Waals surface area contributed by atoms with E-state index in [9.17, 15) is 23.2 Å². The normalized spacial score (nSPS) is 10.1. The summed E-state index contributed by atoms with van der Waals surface area (Å²) in [6.07, 6.45) is 0.417. The van der Waals surface area contributed by atoms with Crippen LogP contribution in [0.25, 0.3) is 0 Å². The van der Waals surface area contributed by atoms with E-state index in [0.29, 0.717) is 6.29 Å². The standard InChI is InChI=1S/C18H15F2NO6/c1-25-14-6-3-10(8-22)16(17(14)26-2)18(24)27-9-15(23)21-13-7-11(19)4-5-12(13)20/h3-8H,9H2,1-2H3,(H,21,23). The summed E-state index contributed by atoms with van der Waals surface area (Å²) in [7, 11) is 2.61. The minimum Gasteiger partial charge on any atom is -0.493 e. The van der Waals surface area contributed by atoms with Crippen molar-refractivity contribution in [2.45, 2.75) is 0 Å². The van der Waals surface area contributed by atoms with Gasteiger partial charge in [0.1, 0.15) is 17.2 Å². The van der Waals surface area contributed by atoms with Crippen molar-refractivity contribution in [1.29, 1.82) is 0 Å². The first-order chi connectivity index (χ1) is 12.9. The van der Waals surface area contributed by atoms with Crippen LogP contribution in [-0.4, -0.2) is 39.0 Å². The Morgan fingerprint density at radius 3 is 2.48 bits per heavy atom. The first kappa shape index (κ1) is 19.8. The molecule has 0 bridgehead atoms. The van der Waals surface area contributed by atoms with Gasteiger partial charge >= 0.3 is 5.97 Å². The number of amides is 1. The molecule has 142 valence electrons. The highest BCUT2D eigenvalue weighted by Crippen LogP contribution is 2.33. The number of carbonyl (C=O) groups excluding carboxylic acids is 3. The number of hydrogen-bond acceptors (Lipinski definition) is 6. The molecule has 0 aliphatic heterocycles. The summed E-state index contributed by atoms with van der Waals surface area (Å²) in [5.74, 6) is -3.38. The van der Waals surface area contributed by atoms with Crippen LogP contribution in [0.3, 0.4) is 0 Å². The first-order valence-corrected chi connectivity index (χ1v) is 7.53. The SMILES string of the molecule is COc1ccc(C=O)c(C(=O)OCC(=O)Nc2cc(F)ccc2F)c1OC. The van der Waals surface area contributed by atoms with Crippen LogP contribution >= 0.6 is 0 Å². The van der Waals surface area contributed by atoms with E-state index in [1.165, 1.54) is 26.4 Å². The van der Waals surface area contributed by atoms with Gasteiger partial charge in [0.05, 0.1) is 19.9 Å². The number of nitrogens with one attached hydrogen (secondary N) is 1. The van der Waals surface area contributed by atoms with Gasteiger partial charge in [0.15, 0.2) is 24.4 Å². The molecule has 0 heterocycles. The van der Waals surface area contributed by atoms with Gasteiger partial charge in [0, 0.05) is 11.6 Å². The van der Waals surface area contributed by atoms with Crippen LogP contribution in [0.1, 0.15) is 20.7 Å². The molecular weight excluding hydrogens is 364 g/mol. The molecule has 0 unspecified atom stereocenters. The van der Waals surface area contributed by atoms with Crippen molar-refractivity contribution < 1.29 is 37.4 Å². The van der Waals surface area contributed by atoms with Gasteiger partial charge in [-0.05, 0) is 24.3 Å². The molecule has 0 aliphatic rings. The molecule has 0 saturated heterocycles. The fourth-order valence-corrected chi connectivity index (χ4v) is 2.23. The second-order valence-corrected chi connectivity index (χ2v) is 5.13. The second-order valence-electron chi connectivity index (χ2n) is 5.13. The zero-order valence-electron chi connectivity index (χ0n) is 14.4. The van der Waals surface area contributed by atoms with Crippen LogP contribution in [0.5, 0.6) is 11.5 Å². The zero-order valence-corrected chi connectivity index (χ0v) is 14.4. The molecule has 0 radical (unpaired) electrons. The highest BCUT2D eigenvalue weighted by atomic mass is 19.1. The summed E-state index contributed by atoms with van der Waals surface area (Å²) >= 11 is 0. The third-order valence-corrected chi connectivity index (χ3v) is 3.45. The molecule has 2 aromatic carbocycles. The molecule has 0 spiro atoms. The Kier molecular flexibility index (Phi) is 6.42. The Morgan fingerprint density at radius 1 is 1.11 bits per heavy atom. The number of ether oxygens (including phenoxy) is 3. The lowest BCUT2D eigenvalue weighted by Gasteiger charge is -2.14. The van der Waals surface area contributed by atoms with Crippen molar-refractivity contribution >= 4 is 23.9 Å². The van der Waals surface area contributed by atoms with Crippen LogP contribution < -0.4 is 14.8 Å². The Balaban J connectivity index is 2.14. The van der Waals surface area contributed by atoms with Gasteiger partial charge in [-0.2, -0.15) is 0 Å². The monoisotopic (exact) mass is 379 g/mol. The maximum absolute atomic E-state index is 13.5. The van der Waals surface area contributed by atoms with Gasteiger partial charge in [-0.15, -0.1) is 0 Å². The fourth-order valence-electron chi connectivity index (χ4n) is 2.23. The number of rotatable bonds is 7. The summed E-state index contributed by atoms with van der Waals surface area (Å²) in [4.78, 5) is 35.3. The van der Waals surface area contributed by atoms with Crippen molar-refractivity contribution in [3.63, 3.8) is 0 Å². The summed E-state index contributed by atoms with van der Waals surface area (Å²) in [6, 6.07) is 5.27. The molecule has 0 fully saturated rings. The predicted molar refractivity (Wildman–Crippen MR) is 90.2 cm³/mol. The number of halogens is 2. The first-order valence-electron chi connectivity index (χ1n) is 7.53. The van der Waals surface area contributed by atoms with Gasteiger partial charge in [0.25, 0.3) is 5.91 Å². The molecule has 2 aromatic rings.